The van der Waals surface area contributed by atoms with Crippen molar-refractivity contribution < 1.29 is 13.2 Å². The predicted octanol–water partition coefficient (Wildman–Crippen LogP) is 0.816. The number of para-hydroxylation sites is 2. The normalized spacial score (nSPS) is 21.0. The lowest BCUT2D eigenvalue weighted by atomic mass is 10.3. The maximum absolute atomic E-state index is 13.0. The number of nitrogens with zero attached hydrogens (tertiary/aromatic N) is 2. The van der Waals surface area contributed by atoms with E-state index in [2.05, 4.69) is 5.32 Å². The molecule has 0 aromatic heterocycles. The van der Waals surface area contributed by atoms with Crippen LogP contribution < -0.4 is 14.4 Å². The van der Waals surface area contributed by atoms with E-state index in [-0.39, 0.29) is 0 Å². The van der Waals surface area contributed by atoms with Crippen LogP contribution in [0.3, 0.4) is 0 Å². The maximum Gasteiger partial charge on any atom is 0.304 e. The SMILES string of the molecule is O=S(=O)(N1CCCNCC1)N1CCCOc2ccccc21. The first kappa shape index (κ1) is 14.6. The number of hydrogen-bond acceptors (Lipinski definition) is 4. The minimum Gasteiger partial charge on any atom is -0.491 e. The van der Waals surface area contributed by atoms with Gasteiger partial charge in [0.2, 0.25) is 0 Å². The Labute approximate surface area is 125 Å². The third kappa shape index (κ3) is 3.00. The lowest BCUT2D eigenvalue weighted by Gasteiger charge is -2.29. The lowest BCUT2D eigenvalue weighted by molar-refractivity contribution is 0.322. The molecule has 0 aliphatic carbocycles. The maximum atomic E-state index is 13.0. The molecule has 116 valence electrons. The zero-order chi connectivity index (χ0) is 14.7. The lowest BCUT2D eigenvalue weighted by Crippen LogP contribution is -2.45. The van der Waals surface area contributed by atoms with Gasteiger partial charge in [-0.3, -0.25) is 4.31 Å². The van der Waals surface area contributed by atoms with Crippen LogP contribution in [0.15, 0.2) is 24.3 Å². The average Bonchev–Trinajstić information content (AvgIpc) is 2.88. The van der Waals surface area contributed by atoms with Crippen LogP contribution in [-0.4, -0.2) is 52.1 Å². The third-order valence-electron chi connectivity index (χ3n) is 3.80. The van der Waals surface area contributed by atoms with Crippen LogP contribution in [0.2, 0.25) is 0 Å². The van der Waals surface area contributed by atoms with E-state index in [1.165, 1.54) is 4.31 Å². The summed E-state index contributed by atoms with van der Waals surface area (Å²) in [5.74, 6) is 0.645. The summed E-state index contributed by atoms with van der Waals surface area (Å²) in [6, 6.07) is 7.35. The highest BCUT2D eigenvalue weighted by Crippen LogP contribution is 2.33. The van der Waals surface area contributed by atoms with Crippen molar-refractivity contribution in [2.45, 2.75) is 12.8 Å². The van der Waals surface area contributed by atoms with E-state index in [9.17, 15) is 8.42 Å². The topological polar surface area (TPSA) is 61.9 Å². The van der Waals surface area contributed by atoms with Gasteiger partial charge in [-0.25, -0.2) is 0 Å². The summed E-state index contributed by atoms with van der Waals surface area (Å²) in [5, 5.41) is 3.23. The Morgan fingerprint density at radius 1 is 1.05 bits per heavy atom. The Morgan fingerprint density at radius 2 is 1.90 bits per heavy atom. The number of benzene rings is 1. The second kappa shape index (κ2) is 6.21. The molecule has 0 radical (unpaired) electrons. The van der Waals surface area contributed by atoms with Crippen LogP contribution in [0.4, 0.5) is 5.69 Å². The van der Waals surface area contributed by atoms with Crippen molar-refractivity contribution in [3.63, 3.8) is 0 Å². The van der Waals surface area contributed by atoms with Gasteiger partial charge in [0.1, 0.15) is 5.75 Å². The Bertz CT molecular complexity index is 583. The molecule has 6 nitrogen and oxygen atoms in total. The molecule has 1 fully saturated rings. The van der Waals surface area contributed by atoms with Crippen molar-refractivity contribution in [2.75, 3.05) is 43.6 Å². The van der Waals surface area contributed by atoms with Gasteiger partial charge >= 0.3 is 10.2 Å². The molecule has 0 amide bonds. The summed E-state index contributed by atoms with van der Waals surface area (Å²) in [4.78, 5) is 0. The Hall–Kier alpha value is -1.31. The van der Waals surface area contributed by atoms with Crippen LogP contribution in [0.25, 0.3) is 0 Å². The van der Waals surface area contributed by atoms with Crippen LogP contribution >= 0.6 is 0 Å². The average molecular weight is 311 g/mol. The molecule has 2 aliphatic rings. The molecule has 1 aromatic carbocycles. The third-order valence-corrected chi connectivity index (χ3v) is 5.75. The van der Waals surface area contributed by atoms with E-state index in [1.807, 2.05) is 24.3 Å². The standard InChI is InChI=1S/C14H21N3O3S/c18-21(19,16-9-3-7-15-8-11-16)17-10-4-12-20-14-6-2-1-5-13(14)17/h1-2,5-6,15H,3-4,7-12H2. The van der Waals surface area contributed by atoms with Gasteiger partial charge in [-0.05, 0) is 25.1 Å². The molecule has 1 N–H and O–H groups in total. The van der Waals surface area contributed by atoms with Crippen molar-refractivity contribution in [3.8, 4) is 5.75 Å². The highest BCUT2D eigenvalue weighted by atomic mass is 32.2. The molecule has 0 unspecified atom stereocenters. The molecule has 21 heavy (non-hydrogen) atoms. The van der Waals surface area contributed by atoms with Crippen LogP contribution in [0, 0.1) is 0 Å². The van der Waals surface area contributed by atoms with Gasteiger partial charge in [-0.2, -0.15) is 12.7 Å². The first-order valence-electron chi connectivity index (χ1n) is 7.40. The number of ether oxygens (including phenoxy) is 1. The first-order valence-corrected chi connectivity index (χ1v) is 8.79. The van der Waals surface area contributed by atoms with Gasteiger partial charge in [0.05, 0.1) is 12.3 Å². The Kier molecular flexibility index (Phi) is 4.32. The fraction of sp³-hybridized carbons (Fsp3) is 0.571. The zero-order valence-corrected chi connectivity index (χ0v) is 12.8. The van der Waals surface area contributed by atoms with Crippen molar-refractivity contribution in [2.24, 2.45) is 0 Å². The highest BCUT2D eigenvalue weighted by molar-refractivity contribution is 7.90. The predicted molar refractivity (Wildman–Crippen MR) is 81.9 cm³/mol. The van der Waals surface area contributed by atoms with Crippen molar-refractivity contribution in [3.05, 3.63) is 24.3 Å². The van der Waals surface area contributed by atoms with Gasteiger partial charge in [-0.1, -0.05) is 12.1 Å². The van der Waals surface area contributed by atoms with E-state index >= 15 is 0 Å². The van der Waals surface area contributed by atoms with E-state index in [0.29, 0.717) is 50.6 Å². The molecule has 0 saturated carbocycles. The summed E-state index contributed by atoms with van der Waals surface area (Å²) >= 11 is 0. The molecule has 0 atom stereocenters. The van der Waals surface area contributed by atoms with Gasteiger partial charge < -0.3 is 10.1 Å². The minimum absolute atomic E-state index is 0.462. The van der Waals surface area contributed by atoms with E-state index in [1.54, 1.807) is 4.31 Å². The minimum atomic E-state index is -3.50. The second-order valence-corrected chi connectivity index (χ2v) is 7.11. The number of hydrogen-bond donors (Lipinski definition) is 1. The van der Waals surface area contributed by atoms with Crippen LogP contribution in [-0.2, 0) is 10.2 Å². The first-order chi connectivity index (χ1) is 10.2. The van der Waals surface area contributed by atoms with Crippen molar-refractivity contribution >= 4 is 15.9 Å². The Morgan fingerprint density at radius 3 is 2.81 bits per heavy atom. The summed E-state index contributed by atoms with van der Waals surface area (Å²) < 4.78 is 34.7. The quantitative estimate of drug-likeness (QED) is 0.878. The van der Waals surface area contributed by atoms with Crippen LogP contribution in [0.5, 0.6) is 5.75 Å². The van der Waals surface area contributed by atoms with Crippen LogP contribution in [0.1, 0.15) is 12.8 Å². The molecular weight excluding hydrogens is 290 g/mol. The number of anilines is 1. The molecule has 1 saturated heterocycles. The summed E-state index contributed by atoms with van der Waals surface area (Å²) in [6.07, 6.45) is 1.53. The highest BCUT2D eigenvalue weighted by Gasteiger charge is 2.32. The molecule has 0 bridgehead atoms. The number of fused-ring (bicyclic) bond motifs is 1. The smallest absolute Gasteiger partial charge is 0.304 e. The number of rotatable bonds is 2. The van der Waals surface area contributed by atoms with Gasteiger partial charge in [-0.15, -0.1) is 0 Å². The zero-order valence-electron chi connectivity index (χ0n) is 12.0. The monoisotopic (exact) mass is 311 g/mol. The molecule has 0 spiro atoms. The summed E-state index contributed by atoms with van der Waals surface area (Å²) in [5.41, 5.74) is 0.646. The van der Waals surface area contributed by atoms with Crippen molar-refractivity contribution in [1.82, 2.24) is 9.62 Å². The number of nitrogens with one attached hydrogen (secondary N) is 1. The molecule has 3 rings (SSSR count). The fourth-order valence-electron chi connectivity index (χ4n) is 2.73. The Balaban J connectivity index is 1.94. The summed E-state index contributed by atoms with van der Waals surface area (Å²) in [6.45, 7) is 3.65. The van der Waals surface area contributed by atoms with Gasteiger partial charge in [0.25, 0.3) is 0 Å². The molecule has 2 heterocycles. The van der Waals surface area contributed by atoms with Crippen molar-refractivity contribution in [1.29, 1.82) is 0 Å². The largest absolute Gasteiger partial charge is 0.491 e. The van der Waals surface area contributed by atoms with Gasteiger partial charge in [0.15, 0.2) is 0 Å². The molecule has 2 aliphatic heterocycles. The van der Waals surface area contributed by atoms with E-state index in [4.69, 9.17) is 4.74 Å². The van der Waals surface area contributed by atoms with Gasteiger partial charge in [0, 0.05) is 32.6 Å². The van der Waals surface area contributed by atoms with E-state index < -0.39 is 10.2 Å². The second-order valence-electron chi connectivity index (χ2n) is 5.25. The fourth-order valence-corrected chi connectivity index (χ4v) is 4.45. The molecule has 7 heteroatoms. The molecular formula is C14H21N3O3S. The molecule has 1 aromatic rings. The van der Waals surface area contributed by atoms with E-state index in [0.717, 1.165) is 13.0 Å². The summed E-state index contributed by atoms with van der Waals surface area (Å²) in [7, 11) is -3.50.